The van der Waals surface area contributed by atoms with Crippen LogP contribution in [-0.4, -0.2) is 24.3 Å². The van der Waals surface area contributed by atoms with Crippen LogP contribution in [0.2, 0.25) is 0 Å². The number of carboxylic acid groups (broad SMARTS) is 1. The molecular formula is C19H21NaO4. The van der Waals surface area contributed by atoms with Gasteiger partial charge in [0.05, 0.1) is 18.8 Å². The van der Waals surface area contributed by atoms with Crippen LogP contribution in [0.4, 0.5) is 0 Å². The van der Waals surface area contributed by atoms with Crippen LogP contribution in [0.1, 0.15) is 37.5 Å². The summed E-state index contributed by atoms with van der Waals surface area (Å²) in [6, 6.07) is 12.7. The second-order valence-electron chi connectivity index (χ2n) is 5.77. The van der Waals surface area contributed by atoms with Gasteiger partial charge in [-0.05, 0) is 61.1 Å². The van der Waals surface area contributed by atoms with Gasteiger partial charge < -0.3 is 16.0 Å². The van der Waals surface area contributed by atoms with Gasteiger partial charge in [-0.25, -0.2) is 4.79 Å². The maximum atomic E-state index is 10.9. The number of methoxy groups -OCH3 is 1. The summed E-state index contributed by atoms with van der Waals surface area (Å²) in [4.78, 5) is 10.9. The zero-order valence-electron chi connectivity index (χ0n) is 15.1. The van der Waals surface area contributed by atoms with E-state index in [-0.39, 0.29) is 42.7 Å². The van der Waals surface area contributed by atoms with Crippen molar-refractivity contribution in [2.45, 2.75) is 31.8 Å². The SMILES string of the molecule is COc1ccc(-c2ccc(C(=O)O)cc2)cc1OC1CCCC1.[H-].[Na+]. The van der Waals surface area contributed by atoms with Crippen LogP contribution >= 0.6 is 0 Å². The van der Waals surface area contributed by atoms with E-state index < -0.39 is 5.97 Å². The molecule has 0 heterocycles. The number of rotatable bonds is 5. The molecule has 0 aromatic heterocycles. The first-order valence-electron chi connectivity index (χ1n) is 7.86. The molecule has 4 nitrogen and oxygen atoms in total. The van der Waals surface area contributed by atoms with E-state index in [0.29, 0.717) is 0 Å². The first-order valence-corrected chi connectivity index (χ1v) is 7.86. The first-order chi connectivity index (χ1) is 11.2. The van der Waals surface area contributed by atoms with E-state index in [9.17, 15) is 4.79 Å². The monoisotopic (exact) mass is 336 g/mol. The minimum Gasteiger partial charge on any atom is -1.00 e. The standard InChI is InChI=1S/C19H20O4.Na.H/c1-22-17-11-10-15(12-18(17)23-16-4-2-3-5-16)13-6-8-14(9-7-13)19(20)21;;/h6-12,16H,2-5H2,1H3,(H,20,21);;/q;+1;-1. The molecule has 3 rings (SSSR count). The van der Waals surface area contributed by atoms with Gasteiger partial charge in [-0.2, -0.15) is 0 Å². The van der Waals surface area contributed by atoms with Crippen molar-refractivity contribution in [2.24, 2.45) is 0 Å². The summed E-state index contributed by atoms with van der Waals surface area (Å²) in [6.45, 7) is 0. The zero-order chi connectivity index (χ0) is 16.2. The van der Waals surface area contributed by atoms with E-state index in [1.807, 2.05) is 30.3 Å². The van der Waals surface area contributed by atoms with Crippen LogP contribution in [0.5, 0.6) is 11.5 Å². The van der Waals surface area contributed by atoms with Crippen LogP contribution in [0.25, 0.3) is 11.1 Å². The topological polar surface area (TPSA) is 55.8 Å². The summed E-state index contributed by atoms with van der Waals surface area (Å²) in [6.07, 6.45) is 4.85. The van der Waals surface area contributed by atoms with Crippen molar-refractivity contribution in [3.05, 3.63) is 48.0 Å². The molecule has 5 heteroatoms. The Morgan fingerprint density at radius 1 is 1.04 bits per heavy atom. The predicted molar refractivity (Wildman–Crippen MR) is 89.4 cm³/mol. The van der Waals surface area contributed by atoms with Crippen molar-refractivity contribution >= 4 is 5.97 Å². The Morgan fingerprint density at radius 3 is 2.25 bits per heavy atom. The number of hydrogen-bond donors (Lipinski definition) is 1. The molecule has 24 heavy (non-hydrogen) atoms. The summed E-state index contributed by atoms with van der Waals surface area (Å²) < 4.78 is 11.5. The Morgan fingerprint density at radius 2 is 1.67 bits per heavy atom. The Bertz CT molecular complexity index is 697. The van der Waals surface area contributed by atoms with Gasteiger partial charge in [-0.1, -0.05) is 18.2 Å². The van der Waals surface area contributed by atoms with Gasteiger partial charge in [0.15, 0.2) is 11.5 Å². The fourth-order valence-electron chi connectivity index (χ4n) is 2.94. The van der Waals surface area contributed by atoms with E-state index >= 15 is 0 Å². The van der Waals surface area contributed by atoms with Crippen molar-refractivity contribution in [1.82, 2.24) is 0 Å². The van der Waals surface area contributed by atoms with Gasteiger partial charge in [0, 0.05) is 0 Å². The molecule has 0 unspecified atom stereocenters. The second-order valence-corrected chi connectivity index (χ2v) is 5.77. The van der Waals surface area contributed by atoms with Crippen LogP contribution in [0.15, 0.2) is 42.5 Å². The summed E-state index contributed by atoms with van der Waals surface area (Å²) in [5.74, 6) is 0.554. The molecule has 0 bridgehead atoms. The zero-order valence-corrected chi connectivity index (χ0v) is 16.1. The molecule has 0 spiro atoms. The molecule has 0 amide bonds. The third-order valence-electron chi connectivity index (χ3n) is 4.22. The van der Waals surface area contributed by atoms with E-state index in [1.165, 1.54) is 12.8 Å². The minimum atomic E-state index is -0.920. The van der Waals surface area contributed by atoms with Gasteiger partial charge in [0.1, 0.15) is 0 Å². The van der Waals surface area contributed by atoms with E-state index in [1.54, 1.807) is 19.2 Å². The van der Waals surface area contributed by atoms with Crippen molar-refractivity contribution in [1.29, 1.82) is 0 Å². The maximum Gasteiger partial charge on any atom is 1.00 e. The summed E-state index contributed by atoms with van der Waals surface area (Å²) in [7, 11) is 1.64. The molecule has 2 aromatic rings. The fraction of sp³-hybridized carbons (Fsp3) is 0.316. The van der Waals surface area contributed by atoms with E-state index in [2.05, 4.69) is 0 Å². The third kappa shape index (κ3) is 4.32. The van der Waals surface area contributed by atoms with Crippen LogP contribution in [0.3, 0.4) is 0 Å². The summed E-state index contributed by atoms with van der Waals surface area (Å²) >= 11 is 0. The number of aromatic carboxylic acids is 1. The average molecular weight is 336 g/mol. The molecule has 1 saturated carbocycles. The predicted octanol–water partition coefficient (Wildman–Crippen LogP) is 1.50. The normalized spacial score (nSPS) is 14.0. The molecule has 0 radical (unpaired) electrons. The minimum absolute atomic E-state index is 0. The Labute approximate surface area is 165 Å². The smallest absolute Gasteiger partial charge is 1.00 e. The largest absolute Gasteiger partial charge is 1.00 e. The van der Waals surface area contributed by atoms with Gasteiger partial charge in [-0.15, -0.1) is 0 Å². The van der Waals surface area contributed by atoms with Gasteiger partial charge in [0.25, 0.3) is 0 Å². The number of ether oxygens (including phenoxy) is 2. The molecule has 1 aliphatic carbocycles. The van der Waals surface area contributed by atoms with Crippen molar-refractivity contribution in [3.63, 3.8) is 0 Å². The molecule has 2 aromatic carbocycles. The molecular weight excluding hydrogens is 315 g/mol. The molecule has 0 saturated heterocycles. The summed E-state index contributed by atoms with van der Waals surface area (Å²) in [5.41, 5.74) is 2.22. The van der Waals surface area contributed by atoms with Crippen molar-refractivity contribution < 1.29 is 50.4 Å². The third-order valence-corrected chi connectivity index (χ3v) is 4.22. The van der Waals surface area contributed by atoms with Crippen LogP contribution < -0.4 is 39.0 Å². The van der Waals surface area contributed by atoms with Crippen molar-refractivity contribution in [2.75, 3.05) is 7.11 Å². The van der Waals surface area contributed by atoms with Gasteiger partial charge in [-0.3, -0.25) is 0 Å². The van der Waals surface area contributed by atoms with E-state index in [0.717, 1.165) is 35.5 Å². The summed E-state index contributed by atoms with van der Waals surface area (Å²) in [5, 5.41) is 8.98. The molecule has 1 N–H and O–H groups in total. The number of benzene rings is 2. The Hall–Kier alpha value is -1.49. The fourth-order valence-corrected chi connectivity index (χ4v) is 2.94. The van der Waals surface area contributed by atoms with E-state index in [4.69, 9.17) is 14.6 Å². The first kappa shape index (κ1) is 18.8. The number of hydrogen-bond acceptors (Lipinski definition) is 3. The molecule has 122 valence electrons. The maximum absolute atomic E-state index is 10.9. The number of carboxylic acids is 1. The Kier molecular flexibility index (Phi) is 6.72. The molecule has 1 fully saturated rings. The van der Waals surface area contributed by atoms with Crippen molar-refractivity contribution in [3.8, 4) is 22.6 Å². The Balaban J connectivity index is 0.00000156. The van der Waals surface area contributed by atoms with Crippen LogP contribution in [0, 0.1) is 0 Å². The second kappa shape index (κ2) is 8.56. The molecule has 0 atom stereocenters. The van der Waals surface area contributed by atoms with Crippen LogP contribution in [-0.2, 0) is 0 Å². The molecule has 0 aliphatic heterocycles. The van der Waals surface area contributed by atoms with Gasteiger partial charge in [0.2, 0.25) is 0 Å². The molecule has 1 aliphatic rings. The number of carbonyl (C=O) groups is 1. The average Bonchev–Trinajstić information content (AvgIpc) is 3.08. The quantitative estimate of drug-likeness (QED) is 0.841. The van der Waals surface area contributed by atoms with Gasteiger partial charge >= 0.3 is 35.5 Å².